The normalized spacial score (nSPS) is 13.3. The summed E-state index contributed by atoms with van der Waals surface area (Å²) in [5.74, 6) is -0.254. The third kappa shape index (κ3) is 5.56. The topological polar surface area (TPSA) is 43.4 Å². The highest BCUT2D eigenvalue weighted by molar-refractivity contribution is 7.65. The Hall–Kier alpha value is -0.300. The van der Waals surface area contributed by atoms with E-state index < -0.39 is 7.14 Å². The Bertz CT molecular complexity index is 264. The van der Waals surface area contributed by atoms with Gasteiger partial charge in [-0.05, 0) is 26.2 Å². The second kappa shape index (κ2) is 9.61. The maximum atomic E-state index is 13.1. The van der Waals surface area contributed by atoms with Gasteiger partial charge in [-0.2, -0.15) is 0 Å². The maximum Gasteiger partial charge on any atom is 0.316 e. The van der Waals surface area contributed by atoms with Gasteiger partial charge in [-0.25, -0.2) is 0 Å². The number of hydrogen-bond donors (Lipinski definition) is 0. The summed E-state index contributed by atoms with van der Waals surface area (Å²) in [6.45, 7) is 8.29. The lowest BCUT2D eigenvalue weighted by molar-refractivity contribution is -0.142. The molecule has 0 aromatic carbocycles. The molecule has 0 fully saturated rings. The van der Waals surface area contributed by atoms with Crippen LogP contribution in [-0.4, -0.2) is 30.6 Å². The lowest BCUT2D eigenvalue weighted by atomic mass is 10.3. The second-order valence-corrected chi connectivity index (χ2v) is 8.21. The van der Waals surface area contributed by atoms with Gasteiger partial charge in [-0.3, -0.25) is 4.79 Å². The van der Waals surface area contributed by atoms with Crippen molar-refractivity contribution in [2.24, 2.45) is 0 Å². The third-order valence-electron chi connectivity index (χ3n) is 3.29. The van der Waals surface area contributed by atoms with Crippen LogP contribution in [0, 0.1) is 0 Å². The van der Waals surface area contributed by atoms with E-state index in [4.69, 9.17) is 4.74 Å². The number of esters is 1. The first-order chi connectivity index (χ1) is 8.55. The molecule has 0 aliphatic rings. The molecule has 18 heavy (non-hydrogen) atoms. The zero-order chi connectivity index (χ0) is 14.0. The van der Waals surface area contributed by atoms with Gasteiger partial charge in [0.2, 0.25) is 0 Å². The van der Waals surface area contributed by atoms with Gasteiger partial charge in [0.1, 0.15) is 12.8 Å². The van der Waals surface area contributed by atoms with Crippen molar-refractivity contribution in [3.8, 4) is 0 Å². The van der Waals surface area contributed by atoms with E-state index in [1.165, 1.54) is 0 Å². The zero-order valence-corrected chi connectivity index (χ0v) is 13.3. The van der Waals surface area contributed by atoms with E-state index in [2.05, 4.69) is 13.8 Å². The van der Waals surface area contributed by atoms with Crippen LogP contribution in [0.3, 0.4) is 0 Å². The summed E-state index contributed by atoms with van der Waals surface area (Å²) in [7, 11) is -2.42. The molecular weight excluding hydrogens is 247 g/mol. The van der Waals surface area contributed by atoms with Gasteiger partial charge < -0.3 is 9.30 Å². The minimum atomic E-state index is -2.42. The van der Waals surface area contributed by atoms with Gasteiger partial charge in [0.05, 0.1) is 6.61 Å². The monoisotopic (exact) mass is 276 g/mol. The van der Waals surface area contributed by atoms with Crippen LogP contribution in [0.15, 0.2) is 0 Å². The lowest BCUT2D eigenvalue weighted by Gasteiger charge is -2.25. The van der Waals surface area contributed by atoms with Crippen LogP contribution in [0.25, 0.3) is 0 Å². The second-order valence-electron chi connectivity index (χ2n) is 4.78. The third-order valence-corrected chi connectivity index (χ3v) is 7.15. The van der Waals surface area contributed by atoms with Crippen molar-refractivity contribution in [3.05, 3.63) is 0 Å². The van der Waals surface area contributed by atoms with Gasteiger partial charge in [0, 0.05) is 12.3 Å². The standard InChI is InChI=1S/C14H29O3P/c1-5-9-11-18(16,12-10-6-2)13(7-3)14(15)17-8-4/h13H,5-12H2,1-4H3. The average Bonchev–Trinajstić information content (AvgIpc) is 2.35. The molecule has 0 heterocycles. The Balaban J connectivity index is 4.86. The predicted octanol–water partition coefficient (Wildman–Crippen LogP) is 4.29. The fraction of sp³-hybridized carbons (Fsp3) is 0.929. The number of ether oxygens (including phenoxy) is 1. The van der Waals surface area contributed by atoms with E-state index >= 15 is 0 Å². The molecule has 0 N–H and O–H groups in total. The van der Waals surface area contributed by atoms with Crippen LogP contribution >= 0.6 is 7.14 Å². The van der Waals surface area contributed by atoms with Crippen molar-refractivity contribution in [1.29, 1.82) is 0 Å². The highest BCUT2D eigenvalue weighted by atomic mass is 31.2. The quantitative estimate of drug-likeness (QED) is 0.441. The molecule has 4 heteroatoms. The Morgan fingerprint density at radius 3 is 1.89 bits per heavy atom. The summed E-state index contributed by atoms with van der Waals surface area (Å²) in [4.78, 5) is 12.0. The minimum Gasteiger partial charge on any atom is -0.465 e. The molecule has 0 amide bonds. The van der Waals surface area contributed by atoms with Crippen molar-refractivity contribution < 1.29 is 14.1 Å². The molecular formula is C14H29O3P. The largest absolute Gasteiger partial charge is 0.465 e. The smallest absolute Gasteiger partial charge is 0.316 e. The van der Waals surface area contributed by atoms with Gasteiger partial charge in [0.15, 0.2) is 0 Å². The van der Waals surface area contributed by atoms with Gasteiger partial charge >= 0.3 is 5.97 Å². The van der Waals surface area contributed by atoms with E-state index in [0.29, 0.717) is 25.4 Å². The molecule has 1 atom stereocenters. The zero-order valence-electron chi connectivity index (χ0n) is 12.4. The molecule has 0 spiro atoms. The van der Waals surface area contributed by atoms with E-state index in [1.54, 1.807) is 6.92 Å². The Morgan fingerprint density at radius 2 is 1.56 bits per heavy atom. The van der Waals surface area contributed by atoms with E-state index in [0.717, 1.165) is 25.7 Å². The Morgan fingerprint density at radius 1 is 1.06 bits per heavy atom. The molecule has 108 valence electrons. The Labute approximate surface area is 112 Å². The first-order valence-electron chi connectivity index (χ1n) is 7.30. The molecule has 0 saturated carbocycles. The summed E-state index contributed by atoms with van der Waals surface area (Å²) >= 11 is 0. The molecule has 3 nitrogen and oxygen atoms in total. The van der Waals surface area contributed by atoms with Crippen LogP contribution < -0.4 is 0 Å². The van der Waals surface area contributed by atoms with E-state index in [-0.39, 0.29) is 11.6 Å². The van der Waals surface area contributed by atoms with Crippen LogP contribution in [0.5, 0.6) is 0 Å². The molecule has 0 aromatic rings. The van der Waals surface area contributed by atoms with E-state index in [1.807, 2.05) is 6.92 Å². The molecule has 0 aromatic heterocycles. The molecule has 0 saturated heterocycles. The fourth-order valence-electron chi connectivity index (χ4n) is 2.20. The summed E-state index contributed by atoms with van der Waals surface area (Å²) in [5, 5.41) is 0. The van der Waals surface area contributed by atoms with Gasteiger partial charge in [-0.1, -0.05) is 33.6 Å². The van der Waals surface area contributed by atoms with Gasteiger partial charge in [-0.15, -0.1) is 0 Å². The molecule has 0 aliphatic heterocycles. The molecule has 0 aliphatic carbocycles. The minimum absolute atomic E-state index is 0.254. The summed E-state index contributed by atoms with van der Waals surface area (Å²) in [6, 6.07) is 0. The van der Waals surface area contributed by atoms with Crippen molar-refractivity contribution in [3.63, 3.8) is 0 Å². The summed E-state index contributed by atoms with van der Waals surface area (Å²) < 4.78 is 18.2. The Kier molecular flexibility index (Phi) is 9.45. The summed E-state index contributed by atoms with van der Waals surface area (Å²) in [5.41, 5.74) is -0.379. The fourth-order valence-corrected chi connectivity index (χ4v) is 5.88. The first-order valence-corrected chi connectivity index (χ1v) is 9.44. The number of unbranched alkanes of at least 4 members (excludes halogenated alkanes) is 2. The molecule has 1 unspecified atom stereocenters. The highest BCUT2D eigenvalue weighted by Gasteiger charge is 2.36. The van der Waals surface area contributed by atoms with E-state index in [9.17, 15) is 9.36 Å². The van der Waals surface area contributed by atoms with Crippen LogP contribution in [0.2, 0.25) is 0 Å². The number of rotatable bonds is 10. The van der Waals surface area contributed by atoms with Crippen LogP contribution in [-0.2, 0) is 14.1 Å². The van der Waals surface area contributed by atoms with Crippen LogP contribution in [0.1, 0.15) is 59.8 Å². The molecule has 0 radical (unpaired) electrons. The molecule has 0 rings (SSSR count). The van der Waals surface area contributed by atoms with Crippen LogP contribution in [0.4, 0.5) is 0 Å². The van der Waals surface area contributed by atoms with Crippen molar-refractivity contribution >= 4 is 13.1 Å². The van der Waals surface area contributed by atoms with Crippen molar-refractivity contribution in [2.45, 2.75) is 65.5 Å². The first kappa shape index (κ1) is 17.7. The number of hydrogen-bond acceptors (Lipinski definition) is 3. The lowest BCUT2D eigenvalue weighted by Crippen LogP contribution is -2.25. The average molecular weight is 276 g/mol. The predicted molar refractivity (Wildman–Crippen MR) is 77.9 cm³/mol. The number of carbonyl (C=O) groups is 1. The summed E-state index contributed by atoms with van der Waals surface area (Å²) in [6.07, 6.45) is 5.95. The van der Waals surface area contributed by atoms with Gasteiger partial charge in [0.25, 0.3) is 0 Å². The molecule has 0 bridgehead atoms. The van der Waals surface area contributed by atoms with Crippen molar-refractivity contribution in [2.75, 3.05) is 18.9 Å². The SMILES string of the molecule is CCCCP(=O)(CCCC)C(CC)C(=O)OCC. The number of carbonyl (C=O) groups excluding carboxylic acids is 1. The highest BCUT2D eigenvalue weighted by Crippen LogP contribution is 2.53. The maximum absolute atomic E-state index is 13.1. The van der Waals surface area contributed by atoms with Crippen molar-refractivity contribution in [1.82, 2.24) is 0 Å².